The first-order valence-electron chi connectivity index (χ1n) is 7.23. The van der Waals surface area contributed by atoms with E-state index in [0.717, 1.165) is 23.5 Å². The van der Waals surface area contributed by atoms with Crippen LogP contribution in [0.15, 0.2) is 28.7 Å². The number of benzene rings is 1. The number of halogens is 1. The predicted octanol–water partition coefficient (Wildman–Crippen LogP) is 3.64. The molecule has 1 aromatic carbocycles. The van der Waals surface area contributed by atoms with Gasteiger partial charge in [0.2, 0.25) is 0 Å². The van der Waals surface area contributed by atoms with Crippen molar-refractivity contribution in [3.63, 3.8) is 0 Å². The lowest BCUT2D eigenvalue weighted by atomic mass is 9.79. The van der Waals surface area contributed by atoms with Crippen molar-refractivity contribution in [3.05, 3.63) is 34.3 Å². The molecule has 2 nitrogen and oxygen atoms in total. The van der Waals surface area contributed by atoms with Gasteiger partial charge in [0.25, 0.3) is 0 Å². The van der Waals surface area contributed by atoms with E-state index in [1.54, 1.807) is 0 Å². The Labute approximate surface area is 125 Å². The first-order chi connectivity index (χ1) is 9.04. The molecule has 0 heterocycles. The molecule has 1 aliphatic carbocycles. The third kappa shape index (κ3) is 4.59. The summed E-state index contributed by atoms with van der Waals surface area (Å²) in [4.78, 5) is 2.41. The molecule has 1 fully saturated rings. The van der Waals surface area contributed by atoms with Crippen LogP contribution in [0.4, 0.5) is 0 Å². The van der Waals surface area contributed by atoms with Crippen LogP contribution in [0.1, 0.15) is 31.7 Å². The second-order valence-electron chi connectivity index (χ2n) is 6.17. The molecule has 0 spiro atoms. The van der Waals surface area contributed by atoms with E-state index in [4.69, 9.17) is 5.73 Å². The monoisotopic (exact) mass is 324 g/mol. The molecule has 3 unspecified atom stereocenters. The molecule has 0 saturated heterocycles. The first kappa shape index (κ1) is 15.0. The van der Waals surface area contributed by atoms with Gasteiger partial charge in [-0.3, -0.25) is 0 Å². The van der Waals surface area contributed by atoms with Crippen molar-refractivity contribution in [1.82, 2.24) is 4.90 Å². The highest BCUT2D eigenvalue weighted by atomic mass is 79.9. The fourth-order valence-corrected chi connectivity index (χ4v) is 3.59. The standard InChI is InChI=1S/C16H25BrN2/c1-12-6-7-16(18)14(8-12)11-19(2)10-13-4-3-5-15(17)9-13/h3-5,9,12,14,16H,6-8,10-11,18H2,1-2H3. The van der Waals surface area contributed by atoms with Gasteiger partial charge in [-0.2, -0.15) is 0 Å². The number of rotatable bonds is 4. The summed E-state index contributed by atoms with van der Waals surface area (Å²) in [5, 5.41) is 0. The Hall–Kier alpha value is -0.380. The summed E-state index contributed by atoms with van der Waals surface area (Å²) in [5.41, 5.74) is 7.63. The molecule has 0 amide bonds. The lowest BCUT2D eigenvalue weighted by molar-refractivity contribution is 0.177. The summed E-state index contributed by atoms with van der Waals surface area (Å²) in [6, 6.07) is 8.94. The topological polar surface area (TPSA) is 29.3 Å². The van der Waals surface area contributed by atoms with E-state index in [2.05, 4.69) is 59.1 Å². The fourth-order valence-electron chi connectivity index (χ4n) is 3.14. The van der Waals surface area contributed by atoms with E-state index in [0.29, 0.717) is 12.0 Å². The molecule has 1 aromatic rings. The molecule has 3 heteroatoms. The summed E-state index contributed by atoms with van der Waals surface area (Å²) in [7, 11) is 2.20. The lowest BCUT2D eigenvalue weighted by Crippen LogP contribution is -2.41. The second-order valence-corrected chi connectivity index (χ2v) is 7.08. The molecule has 1 saturated carbocycles. The smallest absolute Gasteiger partial charge is 0.0231 e. The highest BCUT2D eigenvalue weighted by molar-refractivity contribution is 9.10. The zero-order chi connectivity index (χ0) is 13.8. The highest BCUT2D eigenvalue weighted by Gasteiger charge is 2.26. The molecule has 3 atom stereocenters. The van der Waals surface area contributed by atoms with E-state index < -0.39 is 0 Å². The van der Waals surface area contributed by atoms with Crippen LogP contribution < -0.4 is 5.73 Å². The van der Waals surface area contributed by atoms with Gasteiger partial charge in [0.15, 0.2) is 0 Å². The van der Waals surface area contributed by atoms with Crippen LogP contribution in [-0.4, -0.2) is 24.5 Å². The molecule has 2 rings (SSSR count). The molecule has 106 valence electrons. The normalized spacial score (nSPS) is 27.7. The summed E-state index contributed by atoms with van der Waals surface area (Å²) in [5.74, 6) is 1.49. The number of hydrogen-bond acceptors (Lipinski definition) is 2. The molecule has 0 bridgehead atoms. The SMILES string of the molecule is CC1CCC(N)C(CN(C)Cc2cccc(Br)c2)C1. The van der Waals surface area contributed by atoms with Crippen molar-refractivity contribution in [3.8, 4) is 0 Å². The molecule has 1 aliphatic rings. The number of nitrogens with two attached hydrogens (primary N) is 1. The average molecular weight is 325 g/mol. The van der Waals surface area contributed by atoms with Crippen LogP contribution in [-0.2, 0) is 6.54 Å². The van der Waals surface area contributed by atoms with Crippen LogP contribution in [0, 0.1) is 11.8 Å². The van der Waals surface area contributed by atoms with Gasteiger partial charge in [-0.05, 0) is 55.8 Å². The van der Waals surface area contributed by atoms with Gasteiger partial charge >= 0.3 is 0 Å². The molecular weight excluding hydrogens is 300 g/mol. The van der Waals surface area contributed by atoms with Crippen LogP contribution in [0.3, 0.4) is 0 Å². The van der Waals surface area contributed by atoms with Crippen molar-refractivity contribution in [2.45, 2.75) is 38.8 Å². The Morgan fingerprint density at radius 1 is 1.37 bits per heavy atom. The zero-order valence-corrected chi connectivity index (χ0v) is 13.6. The van der Waals surface area contributed by atoms with Crippen LogP contribution >= 0.6 is 15.9 Å². The van der Waals surface area contributed by atoms with Crippen LogP contribution in [0.25, 0.3) is 0 Å². The maximum atomic E-state index is 6.27. The zero-order valence-electron chi connectivity index (χ0n) is 12.0. The highest BCUT2D eigenvalue weighted by Crippen LogP contribution is 2.28. The van der Waals surface area contributed by atoms with Crippen molar-refractivity contribution in [2.75, 3.05) is 13.6 Å². The maximum absolute atomic E-state index is 6.27. The number of hydrogen-bond donors (Lipinski definition) is 1. The summed E-state index contributed by atoms with van der Waals surface area (Å²) < 4.78 is 1.15. The predicted molar refractivity (Wildman–Crippen MR) is 85.0 cm³/mol. The average Bonchev–Trinajstić information content (AvgIpc) is 2.34. The van der Waals surface area contributed by atoms with Gasteiger partial charge in [-0.15, -0.1) is 0 Å². The molecule has 0 radical (unpaired) electrons. The Morgan fingerprint density at radius 2 is 2.16 bits per heavy atom. The number of nitrogens with zero attached hydrogens (tertiary/aromatic N) is 1. The van der Waals surface area contributed by atoms with E-state index >= 15 is 0 Å². The molecule has 0 aromatic heterocycles. The Balaban J connectivity index is 1.88. The minimum Gasteiger partial charge on any atom is -0.327 e. The quantitative estimate of drug-likeness (QED) is 0.916. The Bertz CT molecular complexity index is 407. The summed E-state index contributed by atoms with van der Waals surface area (Å²) >= 11 is 3.53. The minimum atomic E-state index is 0.390. The van der Waals surface area contributed by atoms with Gasteiger partial charge in [0.05, 0.1) is 0 Å². The maximum Gasteiger partial charge on any atom is 0.0231 e. The molecule has 2 N–H and O–H groups in total. The summed E-state index contributed by atoms with van der Waals surface area (Å²) in [6.07, 6.45) is 3.77. The fraction of sp³-hybridized carbons (Fsp3) is 0.625. The Kier molecular flexibility index (Phi) is 5.43. The van der Waals surface area contributed by atoms with E-state index in [9.17, 15) is 0 Å². The second kappa shape index (κ2) is 6.87. The Morgan fingerprint density at radius 3 is 2.89 bits per heavy atom. The van der Waals surface area contributed by atoms with Gasteiger partial charge in [-0.1, -0.05) is 35.0 Å². The molecular formula is C16H25BrN2. The van der Waals surface area contributed by atoms with Gasteiger partial charge in [0.1, 0.15) is 0 Å². The largest absolute Gasteiger partial charge is 0.327 e. The third-order valence-electron chi connectivity index (χ3n) is 4.19. The van der Waals surface area contributed by atoms with Gasteiger partial charge < -0.3 is 10.6 Å². The summed E-state index contributed by atoms with van der Waals surface area (Å²) in [6.45, 7) is 4.46. The lowest BCUT2D eigenvalue weighted by Gasteiger charge is -2.35. The van der Waals surface area contributed by atoms with Crippen molar-refractivity contribution in [1.29, 1.82) is 0 Å². The van der Waals surface area contributed by atoms with Crippen LogP contribution in [0.2, 0.25) is 0 Å². The van der Waals surface area contributed by atoms with E-state index in [-0.39, 0.29) is 0 Å². The minimum absolute atomic E-state index is 0.390. The van der Waals surface area contributed by atoms with E-state index in [1.165, 1.54) is 24.8 Å². The van der Waals surface area contributed by atoms with Crippen LogP contribution in [0.5, 0.6) is 0 Å². The van der Waals surface area contributed by atoms with Crippen molar-refractivity contribution in [2.24, 2.45) is 17.6 Å². The molecule has 0 aliphatic heterocycles. The van der Waals surface area contributed by atoms with Gasteiger partial charge in [-0.25, -0.2) is 0 Å². The van der Waals surface area contributed by atoms with Crippen molar-refractivity contribution >= 4 is 15.9 Å². The first-order valence-corrected chi connectivity index (χ1v) is 8.02. The molecule has 19 heavy (non-hydrogen) atoms. The third-order valence-corrected chi connectivity index (χ3v) is 4.68. The van der Waals surface area contributed by atoms with E-state index in [1.807, 2.05) is 0 Å². The van der Waals surface area contributed by atoms with Gasteiger partial charge in [0, 0.05) is 23.6 Å². The van der Waals surface area contributed by atoms with Crippen molar-refractivity contribution < 1.29 is 0 Å².